The van der Waals surface area contributed by atoms with E-state index >= 15 is 0 Å². The van der Waals surface area contributed by atoms with Gasteiger partial charge in [-0.2, -0.15) is 0 Å². The molecule has 1 aliphatic rings. The number of methoxy groups -OCH3 is 2. The monoisotopic (exact) mass is 503 g/mol. The smallest absolute Gasteiger partial charge is 0.341 e. The van der Waals surface area contributed by atoms with Crippen LogP contribution in [0.3, 0.4) is 0 Å². The lowest BCUT2D eigenvalue weighted by Crippen LogP contribution is -2.43. The zero-order valence-corrected chi connectivity index (χ0v) is 21.6. The van der Waals surface area contributed by atoms with Gasteiger partial charge < -0.3 is 18.5 Å². The molecule has 1 fully saturated rings. The number of ether oxygens (including phenoxy) is 2. The predicted octanol–water partition coefficient (Wildman–Crippen LogP) is 4.62. The molecule has 0 atom stereocenters. The Hall–Kier alpha value is -2.77. The second-order valence-corrected chi connectivity index (χ2v) is 9.69. The third-order valence-corrected chi connectivity index (χ3v) is 7.08. The first-order valence-electron chi connectivity index (χ1n) is 11.4. The number of hydrogen-bond acceptors (Lipinski definition) is 8. The molecule has 0 aromatic heterocycles. The molecule has 1 saturated heterocycles. The Balaban J connectivity index is 0.000000287. The molecule has 8 nitrogen and oxygen atoms in total. The Morgan fingerprint density at radius 1 is 0.886 bits per heavy atom. The maximum absolute atomic E-state index is 11.6. The van der Waals surface area contributed by atoms with Crippen LogP contribution in [0.25, 0.3) is 0 Å². The average Bonchev–Trinajstić information content (AvgIpc) is 2.84. The second kappa shape index (κ2) is 14.6. The van der Waals surface area contributed by atoms with Gasteiger partial charge in [-0.3, -0.25) is 14.3 Å². The summed E-state index contributed by atoms with van der Waals surface area (Å²) in [5.74, 6) is -0.865. The molecule has 9 heteroatoms. The van der Waals surface area contributed by atoms with Gasteiger partial charge in [0.05, 0.1) is 33.5 Å². The van der Waals surface area contributed by atoms with Crippen LogP contribution in [0.2, 0.25) is 0 Å². The SMILES string of the molecule is CCOP(=O)(CC(=O)OC)OCC.COC(=O)C=C1CN(C(c2ccccc2)c2ccccc2)C1. The van der Waals surface area contributed by atoms with Crippen molar-refractivity contribution in [3.63, 3.8) is 0 Å². The van der Waals surface area contributed by atoms with E-state index in [9.17, 15) is 14.2 Å². The van der Waals surface area contributed by atoms with Crippen LogP contribution in [0, 0.1) is 0 Å². The van der Waals surface area contributed by atoms with Crippen LogP contribution in [0.5, 0.6) is 0 Å². The first-order chi connectivity index (χ1) is 16.9. The van der Waals surface area contributed by atoms with E-state index in [1.165, 1.54) is 25.3 Å². The van der Waals surface area contributed by atoms with Crippen LogP contribution < -0.4 is 0 Å². The van der Waals surface area contributed by atoms with Gasteiger partial charge in [-0.1, -0.05) is 60.7 Å². The van der Waals surface area contributed by atoms with Crippen LogP contribution >= 0.6 is 7.60 Å². The van der Waals surface area contributed by atoms with Crippen LogP contribution in [0.1, 0.15) is 31.0 Å². The summed E-state index contributed by atoms with van der Waals surface area (Å²) in [4.78, 5) is 24.5. The first kappa shape index (κ1) is 28.5. The van der Waals surface area contributed by atoms with Gasteiger partial charge in [0.15, 0.2) is 0 Å². The van der Waals surface area contributed by atoms with Crippen LogP contribution in [0.4, 0.5) is 0 Å². The van der Waals surface area contributed by atoms with E-state index in [1.807, 2.05) is 12.1 Å². The van der Waals surface area contributed by atoms with E-state index in [2.05, 4.69) is 62.9 Å². The number of benzene rings is 2. The van der Waals surface area contributed by atoms with E-state index in [0.29, 0.717) is 0 Å². The molecule has 0 amide bonds. The molecule has 0 N–H and O–H groups in total. The zero-order chi connectivity index (χ0) is 25.7. The summed E-state index contributed by atoms with van der Waals surface area (Å²) >= 11 is 0. The summed E-state index contributed by atoms with van der Waals surface area (Å²) < 4.78 is 30.4. The molecule has 190 valence electrons. The molecule has 0 bridgehead atoms. The Kier molecular flexibility index (Phi) is 11.9. The fraction of sp³-hybridized carbons (Fsp3) is 0.385. The van der Waals surface area contributed by atoms with Gasteiger partial charge in [-0.05, 0) is 30.5 Å². The Morgan fingerprint density at radius 2 is 1.37 bits per heavy atom. The fourth-order valence-electron chi connectivity index (χ4n) is 3.60. The highest BCUT2D eigenvalue weighted by molar-refractivity contribution is 7.54. The molecule has 35 heavy (non-hydrogen) atoms. The molecule has 2 aromatic rings. The number of carbonyl (C=O) groups is 2. The molecule has 0 unspecified atom stereocenters. The topological polar surface area (TPSA) is 91.4 Å². The summed E-state index contributed by atoms with van der Waals surface area (Å²) in [6, 6.07) is 21.2. The molecule has 0 radical (unpaired) electrons. The van der Waals surface area contributed by atoms with Crippen molar-refractivity contribution in [2.24, 2.45) is 0 Å². The summed E-state index contributed by atoms with van der Waals surface area (Å²) in [7, 11) is -0.630. The predicted molar refractivity (Wildman–Crippen MR) is 134 cm³/mol. The number of esters is 2. The number of carbonyl (C=O) groups excluding carboxylic acids is 2. The minimum atomic E-state index is -3.27. The standard InChI is InChI=1S/C19H19NO2.C7H15O5P/c1-22-18(21)12-15-13-20(14-15)19(16-8-4-2-5-9-16)17-10-6-3-7-11-17;1-4-11-13(9,12-5-2)6-7(8)10-3/h2-12,19H,13-14H2,1H3;4-6H2,1-3H3. The van der Waals surface area contributed by atoms with Crippen molar-refractivity contribution in [3.05, 3.63) is 83.4 Å². The Labute approximate surface area is 207 Å². The molecule has 3 rings (SSSR count). The van der Waals surface area contributed by atoms with E-state index in [4.69, 9.17) is 9.05 Å². The summed E-state index contributed by atoms with van der Waals surface area (Å²) in [5.41, 5.74) is 3.65. The van der Waals surface area contributed by atoms with Gasteiger partial charge in [0, 0.05) is 19.2 Å². The van der Waals surface area contributed by atoms with E-state index in [-0.39, 0.29) is 31.4 Å². The van der Waals surface area contributed by atoms with Crippen molar-refractivity contribution in [1.29, 1.82) is 0 Å². The van der Waals surface area contributed by atoms with Crippen LogP contribution in [-0.4, -0.2) is 63.5 Å². The third kappa shape index (κ3) is 9.07. The lowest BCUT2D eigenvalue weighted by Gasteiger charge is -2.41. The van der Waals surface area contributed by atoms with Crippen molar-refractivity contribution in [2.45, 2.75) is 19.9 Å². The number of nitrogens with zero attached hydrogens (tertiary/aromatic N) is 1. The highest BCUT2D eigenvalue weighted by Gasteiger charge is 2.30. The zero-order valence-electron chi connectivity index (χ0n) is 20.7. The summed E-state index contributed by atoms with van der Waals surface area (Å²) in [5, 5.41) is 0. The van der Waals surface area contributed by atoms with E-state index < -0.39 is 13.6 Å². The minimum Gasteiger partial charge on any atom is -0.469 e. The van der Waals surface area contributed by atoms with Crippen molar-refractivity contribution in [2.75, 3.05) is 46.7 Å². The van der Waals surface area contributed by atoms with Gasteiger partial charge in [0.1, 0.15) is 6.16 Å². The van der Waals surface area contributed by atoms with E-state index in [0.717, 1.165) is 18.7 Å². The average molecular weight is 504 g/mol. The largest absolute Gasteiger partial charge is 0.469 e. The van der Waals surface area contributed by atoms with Crippen molar-refractivity contribution in [3.8, 4) is 0 Å². The number of hydrogen-bond donors (Lipinski definition) is 0. The van der Waals surface area contributed by atoms with Gasteiger partial charge in [-0.15, -0.1) is 0 Å². The quantitative estimate of drug-likeness (QED) is 0.264. The van der Waals surface area contributed by atoms with Gasteiger partial charge >= 0.3 is 19.5 Å². The molecular formula is C26H34NO7P. The lowest BCUT2D eigenvalue weighted by molar-refractivity contribution is -0.138. The molecule has 1 aliphatic heterocycles. The van der Waals surface area contributed by atoms with Crippen LogP contribution in [-0.2, 0) is 32.7 Å². The van der Waals surface area contributed by atoms with Gasteiger partial charge in [-0.25, -0.2) is 4.79 Å². The highest BCUT2D eigenvalue weighted by Crippen LogP contribution is 2.47. The Bertz CT molecular complexity index is 953. The van der Waals surface area contributed by atoms with E-state index in [1.54, 1.807) is 19.9 Å². The van der Waals surface area contributed by atoms with Crippen molar-refractivity contribution >= 4 is 19.5 Å². The van der Waals surface area contributed by atoms with Crippen molar-refractivity contribution < 1.29 is 32.7 Å². The van der Waals surface area contributed by atoms with Gasteiger partial charge in [0.2, 0.25) is 0 Å². The summed E-state index contributed by atoms with van der Waals surface area (Å²) in [6.45, 7) is 5.45. The van der Waals surface area contributed by atoms with Gasteiger partial charge in [0.25, 0.3) is 0 Å². The molecule has 2 aromatic carbocycles. The van der Waals surface area contributed by atoms with Crippen LogP contribution in [0.15, 0.2) is 72.3 Å². The maximum Gasteiger partial charge on any atom is 0.341 e. The molecule has 0 saturated carbocycles. The lowest BCUT2D eigenvalue weighted by atomic mass is 9.93. The Morgan fingerprint density at radius 3 is 1.77 bits per heavy atom. The normalized spacial score (nSPS) is 13.3. The molecule has 0 aliphatic carbocycles. The molecular weight excluding hydrogens is 469 g/mol. The number of rotatable bonds is 10. The third-order valence-electron chi connectivity index (χ3n) is 5.13. The maximum atomic E-state index is 11.6. The molecule has 0 spiro atoms. The fourth-order valence-corrected chi connectivity index (χ4v) is 5.09. The number of likely N-dealkylation sites (tertiary alicyclic amines) is 1. The van der Waals surface area contributed by atoms with Crippen molar-refractivity contribution in [1.82, 2.24) is 4.90 Å². The molecule has 1 heterocycles. The summed E-state index contributed by atoms with van der Waals surface area (Å²) in [6.07, 6.45) is 1.27. The minimum absolute atomic E-state index is 0.220. The highest BCUT2D eigenvalue weighted by atomic mass is 31.2. The first-order valence-corrected chi connectivity index (χ1v) is 13.1. The second-order valence-electron chi connectivity index (χ2n) is 7.64.